The average molecular weight is 170 g/mol. The van der Waals surface area contributed by atoms with Crippen LogP contribution in [-0.4, -0.2) is 16.5 Å². The number of hydrogen-bond acceptors (Lipinski definition) is 2. The van der Waals surface area contributed by atoms with E-state index in [0.717, 1.165) is 25.7 Å². The van der Waals surface area contributed by atoms with Crippen molar-refractivity contribution in [2.24, 2.45) is 5.92 Å². The van der Waals surface area contributed by atoms with Gasteiger partial charge in [0.25, 0.3) is 0 Å². The normalized spacial score (nSPS) is 36.4. The third-order valence-electron chi connectivity index (χ3n) is 2.76. The minimum Gasteiger partial charge on any atom is -0.390 e. The molecule has 0 aromatic carbocycles. The van der Waals surface area contributed by atoms with Gasteiger partial charge in [0.15, 0.2) is 0 Å². The van der Waals surface area contributed by atoms with E-state index in [1.165, 1.54) is 0 Å². The first-order valence-corrected chi connectivity index (χ1v) is 4.71. The van der Waals surface area contributed by atoms with E-state index in [2.05, 4.69) is 0 Å². The first-order valence-electron chi connectivity index (χ1n) is 4.71. The van der Waals surface area contributed by atoms with Gasteiger partial charge in [-0.15, -0.1) is 0 Å². The van der Waals surface area contributed by atoms with Gasteiger partial charge in [-0.2, -0.15) is 0 Å². The number of hydrogen-bond donors (Lipinski definition) is 1. The van der Waals surface area contributed by atoms with Crippen LogP contribution < -0.4 is 0 Å². The number of rotatable bonds is 2. The van der Waals surface area contributed by atoms with Crippen LogP contribution in [0.1, 0.15) is 46.0 Å². The predicted octanol–water partition coefficient (Wildman–Crippen LogP) is 1.91. The first-order chi connectivity index (χ1) is 5.49. The van der Waals surface area contributed by atoms with E-state index >= 15 is 0 Å². The molecule has 1 aliphatic rings. The number of ketones is 1. The topological polar surface area (TPSA) is 37.3 Å². The SMILES string of the molecule is CC(=O)CC1CCC(C)(O)CC1. The van der Waals surface area contributed by atoms with Gasteiger partial charge in [-0.05, 0) is 45.4 Å². The maximum absolute atomic E-state index is 10.8. The maximum Gasteiger partial charge on any atom is 0.130 e. The fourth-order valence-electron chi connectivity index (χ4n) is 1.91. The molecule has 0 spiro atoms. The molecular weight excluding hydrogens is 152 g/mol. The Hall–Kier alpha value is -0.370. The largest absolute Gasteiger partial charge is 0.390 e. The summed E-state index contributed by atoms with van der Waals surface area (Å²) in [5.41, 5.74) is -0.465. The van der Waals surface area contributed by atoms with Gasteiger partial charge < -0.3 is 9.90 Å². The summed E-state index contributed by atoms with van der Waals surface area (Å²) in [5.74, 6) is 0.810. The molecule has 0 unspecified atom stereocenters. The Morgan fingerprint density at radius 3 is 2.42 bits per heavy atom. The highest BCUT2D eigenvalue weighted by Gasteiger charge is 2.28. The van der Waals surface area contributed by atoms with Crippen LogP contribution in [0.25, 0.3) is 0 Å². The van der Waals surface area contributed by atoms with Crippen molar-refractivity contribution in [3.63, 3.8) is 0 Å². The van der Waals surface area contributed by atoms with Gasteiger partial charge in [0.1, 0.15) is 5.78 Å². The molecule has 1 N–H and O–H groups in total. The molecule has 2 heteroatoms. The highest BCUT2D eigenvalue weighted by atomic mass is 16.3. The molecule has 0 aromatic rings. The van der Waals surface area contributed by atoms with Crippen molar-refractivity contribution in [2.45, 2.75) is 51.6 Å². The molecule has 2 nitrogen and oxygen atoms in total. The quantitative estimate of drug-likeness (QED) is 0.687. The standard InChI is InChI=1S/C10H18O2/c1-8(11)7-9-3-5-10(2,12)6-4-9/h9,12H,3-7H2,1-2H3. The van der Waals surface area contributed by atoms with Crippen molar-refractivity contribution < 1.29 is 9.90 Å². The molecule has 0 radical (unpaired) electrons. The van der Waals surface area contributed by atoms with Crippen LogP contribution in [0.3, 0.4) is 0 Å². The Labute approximate surface area is 74.0 Å². The number of carbonyl (C=O) groups excluding carboxylic acids is 1. The van der Waals surface area contributed by atoms with Gasteiger partial charge >= 0.3 is 0 Å². The Morgan fingerprint density at radius 1 is 1.50 bits per heavy atom. The van der Waals surface area contributed by atoms with E-state index in [0.29, 0.717) is 12.3 Å². The lowest BCUT2D eigenvalue weighted by molar-refractivity contribution is -0.118. The van der Waals surface area contributed by atoms with Crippen LogP contribution in [0.15, 0.2) is 0 Å². The molecule has 70 valence electrons. The second-order valence-corrected chi connectivity index (χ2v) is 4.35. The third-order valence-corrected chi connectivity index (χ3v) is 2.76. The number of carbonyl (C=O) groups is 1. The molecule has 0 heterocycles. The molecule has 12 heavy (non-hydrogen) atoms. The third kappa shape index (κ3) is 2.94. The van der Waals surface area contributed by atoms with Gasteiger partial charge in [-0.25, -0.2) is 0 Å². The van der Waals surface area contributed by atoms with E-state index < -0.39 is 5.60 Å². The molecular formula is C10H18O2. The van der Waals surface area contributed by atoms with Gasteiger partial charge in [0.2, 0.25) is 0 Å². The van der Waals surface area contributed by atoms with Crippen molar-refractivity contribution in [3.8, 4) is 0 Å². The minimum absolute atomic E-state index is 0.279. The molecule has 0 bridgehead atoms. The van der Waals surface area contributed by atoms with Crippen LogP contribution in [0.5, 0.6) is 0 Å². The summed E-state index contributed by atoms with van der Waals surface area (Å²) in [6, 6.07) is 0. The lowest BCUT2D eigenvalue weighted by Crippen LogP contribution is -2.30. The highest BCUT2D eigenvalue weighted by Crippen LogP contribution is 2.33. The number of Topliss-reactive ketones (excluding diaryl/α,β-unsaturated/α-hetero) is 1. The van der Waals surface area contributed by atoms with Crippen LogP contribution in [0, 0.1) is 5.92 Å². The summed E-state index contributed by atoms with van der Waals surface area (Å²) in [6.45, 7) is 3.53. The second-order valence-electron chi connectivity index (χ2n) is 4.35. The van der Waals surface area contributed by atoms with E-state index in [4.69, 9.17) is 0 Å². The smallest absolute Gasteiger partial charge is 0.130 e. The second kappa shape index (κ2) is 3.56. The lowest BCUT2D eigenvalue weighted by atomic mass is 9.78. The zero-order chi connectivity index (χ0) is 9.19. The molecule has 1 rings (SSSR count). The van der Waals surface area contributed by atoms with Crippen molar-refractivity contribution in [1.82, 2.24) is 0 Å². The van der Waals surface area contributed by atoms with E-state index in [-0.39, 0.29) is 5.78 Å². The summed E-state index contributed by atoms with van der Waals surface area (Å²) in [5, 5.41) is 9.64. The van der Waals surface area contributed by atoms with Gasteiger partial charge in [-0.3, -0.25) is 0 Å². The van der Waals surface area contributed by atoms with E-state index in [1.54, 1.807) is 6.92 Å². The Morgan fingerprint density at radius 2 is 2.00 bits per heavy atom. The zero-order valence-corrected chi connectivity index (χ0v) is 7.97. The minimum atomic E-state index is -0.465. The number of aliphatic hydroxyl groups is 1. The Kier molecular flexibility index (Phi) is 2.89. The maximum atomic E-state index is 10.8. The fraction of sp³-hybridized carbons (Fsp3) is 0.900. The monoisotopic (exact) mass is 170 g/mol. The molecule has 0 atom stereocenters. The summed E-state index contributed by atoms with van der Waals surface area (Å²) >= 11 is 0. The lowest BCUT2D eigenvalue weighted by Gasteiger charge is -2.32. The van der Waals surface area contributed by atoms with Crippen LogP contribution in [0.2, 0.25) is 0 Å². The van der Waals surface area contributed by atoms with Gasteiger partial charge in [0.05, 0.1) is 5.60 Å². The molecule has 0 aliphatic heterocycles. The van der Waals surface area contributed by atoms with Gasteiger partial charge in [0, 0.05) is 6.42 Å². The molecule has 1 aliphatic carbocycles. The van der Waals surface area contributed by atoms with E-state index in [1.807, 2.05) is 6.92 Å². The zero-order valence-electron chi connectivity index (χ0n) is 7.97. The highest BCUT2D eigenvalue weighted by molar-refractivity contribution is 5.75. The van der Waals surface area contributed by atoms with Crippen molar-refractivity contribution >= 4 is 5.78 Å². The van der Waals surface area contributed by atoms with Crippen LogP contribution in [0.4, 0.5) is 0 Å². The Balaban J connectivity index is 2.31. The molecule has 0 aromatic heterocycles. The van der Waals surface area contributed by atoms with E-state index in [9.17, 15) is 9.90 Å². The van der Waals surface area contributed by atoms with Crippen LogP contribution >= 0.6 is 0 Å². The van der Waals surface area contributed by atoms with Crippen molar-refractivity contribution in [2.75, 3.05) is 0 Å². The molecule has 1 fully saturated rings. The van der Waals surface area contributed by atoms with Crippen LogP contribution in [-0.2, 0) is 4.79 Å². The first kappa shape index (κ1) is 9.72. The van der Waals surface area contributed by atoms with Crippen molar-refractivity contribution in [3.05, 3.63) is 0 Å². The predicted molar refractivity (Wildman–Crippen MR) is 47.9 cm³/mol. The average Bonchev–Trinajstić information content (AvgIpc) is 1.93. The summed E-state index contributed by atoms with van der Waals surface area (Å²) in [6.07, 6.45) is 4.42. The Bertz CT molecular complexity index is 163. The van der Waals surface area contributed by atoms with Gasteiger partial charge in [-0.1, -0.05) is 0 Å². The molecule has 0 amide bonds. The van der Waals surface area contributed by atoms with Crippen molar-refractivity contribution in [1.29, 1.82) is 0 Å². The summed E-state index contributed by atoms with van der Waals surface area (Å²) in [4.78, 5) is 10.8. The summed E-state index contributed by atoms with van der Waals surface area (Å²) in [7, 11) is 0. The molecule has 1 saturated carbocycles. The molecule has 0 saturated heterocycles. The summed E-state index contributed by atoms with van der Waals surface area (Å²) < 4.78 is 0. The fourth-order valence-corrected chi connectivity index (χ4v) is 1.91.